The van der Waals surface area contributed by atoms with Gasteiger partial charge in [0.1, 0.15) is 0 Å². The first-order chi connectivity index (χ1) is 7.57. The quantitative estimate of drug-likeness (QED) is 0.342. The lowest BCUT2D eigenvalue weighted by molar-refractivity contribution is 0.0979. The number of unbranched alkanes of at least 4 members (excludes halogenated alkanes) is 1. The van der Waals surface area contributed by atoms with E-state index in [1.165, 1.54) is 6.07 Å². The summed E-state index contributed by atoms with van der Waals surface area (Å²) in [7, 11) is 0. The molecule has 1 aromatic carbocycles. The maximum absolute atomic E-state index is 13.1. The molecule has 0 heterocycles. The third kappa shape index (κ3) is 2.98. The third-order valence-electron chi connectivity index (χ3n) is 2.15. The van der Waals surface area contributed by atoms with Crippen LogP contribution in [0.2, 0.25) is 0 Å². The molecule has 0 aromatic heterocycles. The van der Waals surface area contributed by atoms with Crippen molar-refractivity contribution in [2.75, 3.05) is 0 Å². The number of rotatable bonds is 5. The molecule has 4 heteroatoms. The van der Waals surface area contributed by atoms with Gasteiger partial charge < -0.3 is 0 Å². The van der Waals surface area contributed by atoms with Crippen molar-refractivity contribution in [3.8, 4) is 0 Å². The lowest BCUT2D eigenvalue weighted by atomic mass is 10.1. The molecule has 0 fully saturated rings. The maximum atomic E-state index is 13.1. The number of carbonyl (C=O) groups is 1. The molecule has 0 aliphatic rings. The summed E-state index contributed by atoms with van der Waals surface area (Å²) in [6.45, 7) is 3.54. The number of carbonyl (C=O) groups excluding carboxylic acids is 1. The summed E-state index contributed by atoms with van der Waals surface area (Å²) in [4.78, 5) is 11.7. The van der Waals surface area contributed by atoms with Crippen molar-refractivity contribution in [3.05, 3.63) is 46.5 Å². The first-order valence-electron chi connectivity index (χ1n) is 4.85. The van der Waals surface area contributed by atoms with Crippen LogP contribution < -0.4 is 0 Å². The zero-order valence-corrected chi connectivity index (χ0v) is 10.2. The smallest absolute Gasteiger partial charge is 0.173 e. The molecule has 0 bridgehead atoms. The summed E-state index contributed by atoms with van der Waals surface area (Å²) < 4.78 is 25.8. The number of allylic oxidation sites excluding steroid dienone is 1. The molecule has 0 amide bonds. The molecule has 86 valence electrons. The standard InChI is InChI=1S/C12H11BrF2O/c1-2-3-4-5-10(16)8-6-7-9(14)12(15)11(8)13/h2,6-7H,1,3-5H2. The highest BCUT2D eigenvalue weighted by atomic mass is 79.9. The van der Waals surface area contributed by atoms with Crippen molar-refractivity contribution in [2.24, 2.45) is 0 Å². The molecule has 0 unspecified atom stereocenters. The highest BCUT2D eigenvalue weighted by Gasteiger charge is 2.15. The van der Waals surface area contributed by atoms with Gasteiger partial charge >= 0.3 is 0 Å². The summed E-state index contributed by atoms with van der Waals surface area (Å²) in [6, 6.07) is 2.25. The van der Waals surface area contributed by atoms with Gasteiger partial charge in [-0.05, 0) is 40.9 Å². The third-order valence-corrected chi connectivity index (χ3v) is 2.92. The van der Waals surface area contributed by atoms with E-state index < -0.39 is 11.6 Å². The van der Waals surface area contributed by atoms with Crippen LogP contribution in [0.4, 0.5) is 8.78 Å². The molecule has 0 aliphatic carbocycles. The first kappa shape index (κ1) is 13.0. The van der Waals surface area contributed by atoms with E-state index in [0.717, 1.165) is 12.5 Å². The number of Topliss-reactive ketones (excluding diaryl/α,β-unsaturated/α-hetero) is 1. The maximum Gasteiger partial charge on any atom is 0.173 e. The second kappa shape index (κ2) is 5.89. The molecule has 0 spiro atoms. The summed E-state index contributed by atoms with van der Waals surface area (Å²) in [5.74, 6) is -2.18. The van der Waals surface area contributed by atoms with Crippen molar-refractivity contribution in [1.82, 2.24) is 0 Å². The molecule has 0 aliphatic heterocycles. The minimum atomic E-state index is -1.02. The Morgan fingerprint density at radius 1 is 1.44 bits per heavy atom. The molecule has 0 radical (unpaired) electrons. The number of ketones is 1. The van der Waals surface area contributed by atoms with Gasteiger partial charge in [0, 0.05) is 12.0 Å². The van der Waals surface area contributed by atoms with Crippen molar-refractivity contribution >= 4 is 21.7 Å². The molecular weight excluding hydrogens is 278 g/mol. The monoisotopic (exact) mass is 288 g/mol. The zero-order chi connectivity index (χ0) is 12.1. The van der Waals surface area contributed by atoms with E-state index in [1.807, 2.05) is 0 Å². The molecule has 0 atom stereocenters. The number of hydrogen-bond acceptors (Lipinski definition) is 1. The topological polar surface area (TPSA) is 17.1 Å². The van der Waals surface area contributed by atoms with Gasteiger partial charge in [-0.2, -0.15) is 0 Å². The number of halogens is 3. The first-order valence-corrected chi connectivity index (χ1v) is 5.64. The summed E-state index contributed by atoms with van der Waals surface area (Å²) in [6.07, 6.45) is 3.41. The van der Waals surface area contributed by atoms with E-state index in [4.69, 9.17) is 0 Å². The van der Waals surface area contributed by atoms with Gasteiger partial charge in [0.2, 0.25) is 0 Å². The summed E-state index contributed by atoms with van der Waals surface area (Å²) in [5, 5.41) is 0. The molecule has 1 aromatic rings. The second-order valence-electron chi connectivity index (χ2n) is 3.33. The van der Waals surface area contributed by atoms with Crippen molar-refractivity contribution in [1.29, 1.82) is 0 Å². The highest BCUT2D eigenvalue weighted by molar-refractivity contribution is 9.10. The van der Waals surface area contributed by atoms with Crippen molar-refractivity contribution in [2.45, 2.75) is 19.3 Å². The van der Waals surface area contributed by atoms with Crippen LogP contribution in [0, 0.1) is 11.6 Å². The Hall–Kier alpha value is -1.03. The summed E-state index contributed by atoms with van der Waals surface area (Å²) in [5.41, 5.74) is 0.183. The Kier molecular flexibility index (Phi) is 4.80. The van der Waals surface area contributed by atoms with Gasteiger partial charge in [0.25, 0.3) is 0 Å². The van der Waals surface area contributed by atoms with Gasteiger partial charge in [-0.3, -0.25) is 4.79 Å². The van der Waals surface area contributed by atoms with Crippen LogP contribution in [-0.4, -0.2) is 5.78 Å². The predicted molar refractivity (Wildman–Crippen MR) is 62.4 cm³/mol. The summed E-state index contributed by atoms with van der Waals surface area (Å²) >= 11 is 2.88. The Morgan fingerprint density at radius 3 is 2.75 bits per heavy atom. The molecule has 0 saturated heterocycles. The fourth-order valence-electron chi connectivity index (χ4n) is 1.28. The average molecular weight is 289 g/mol. The Labute approximate surface area is 101 Å². The van der Waals surface area contributed by atoms with Crippen LogP contribution in [0.1, 0.15) is 29.6 Å². The van der Waals surface area contributed by atoms with Gasteiger partial charge in [-0.15, -0.1) is 6.58 Å². The normalized spacial score (nSPS) is 10.2. The van der Waals surface area contributed by atoms with Gasteiger partial charge in [-0.25, -0.2) is 8.78 Å². The fourth-order valence-corrected chi connectivity index (χ4v) is 1.83. The van der Waals surface area contributed by atoms with E-state index in [9.17, 15) is 13.6 Å². The average Bonchev–Trinajstić information content (AvgIpc) is 2.26. The lowest BCUT2D eigenvalue weighted by Gasteiger charge is -2.04. The zero-order valence-electron chi connectivity index (χ0n) is 8.60. The van der Waals surface area contributed by atoms with Crippen LogP contribution in [0.25, 0.3) is 0 Å². The Morgan fingerprint density at radius 2 is 2.12 bits per heavy atom. The number of hydrogen-bond donors (Lipinski definition) is 0. The van der Waals surface area contributed by atoms with E-state index in [-0.39, 0.29) is 15.8 Å². The van der Waals surface area contributed by atoms with Crippen LogP contribution >= 0.6 is 15.9 Å². The number of benzene rings is 1. The molecule has 0 N–H and O–H groups in total. The second-order valence-corrected chi connectivity index (χ2v) is 4.12. The fraction of sp³-hybridized carbons (Fsp3) is 0.250. The van der Waals surface area contributed by atoms with Crippen LogP contribution in [0.3, 0.4) is 0 Å². The van der Waals surface area contributed by atoms with Crippen molar-refractivity contribution in [3.63, 3.8) is 0 Å². The Bertz CT molecular complexity index is 416. The van der Waals surface area contributed by atoms with E-state index >= 15 is 0 Å². The minimum Gasteiger partial charge on any atom is -0.294 e. The molecule has 1 nitrogen and oxygen atoms in total. The van der Waals surface area contributed by atoms with Gasteiger partial charge in [-0.1, -0.05) is 6.08 Å². The van der Waals surface area contributed by atoms with Crippen LogP contribution in [-0.2, 0) is 0 Å². The van der Waals surface area contributed by atoms with Crippen molar-refractivity contribution < 1.29 is 13.6 Å². The highest BCUT2D eigenvalue weighted by Crippen LogP contribution is 2.24. The molecule has 1 rings (SSSR count). The molecule has 0 saturated carbocycles. The largest absolute Gasteiger partial charge is 0.294 e. The molecule has 16 heavy (non-hydrogen) atoms. The van der Waals surface area contributed by atoms with Crippen LogP contribution in [0.15, 0.2) is 29.3 Å². The van der Waals surface area contributed by atoms with Gasteiger partial charge in [0.05, 0.1) is 4.47 Å². The van der Waals surface area contributed by atoms with E-state index in [0.29, 0.717) is 12.8 Å². The lowest BCUT2D eigenvalue weighted by Crippen LogP contribution is -2.02. The predicted octanol–water partition coefficient (Wildman–Crippen LogP) is 4.27. The minimum absolute atomic E-state index is 0.101. The Balaban J connectivity index is 2.84. The molecular formula is C12H11BrF2O. The van der Waals surface area contributed by atoms with E-state index in [2.05, 4.69) is 22.5 Å². The SMILES string of the molecule is C=CCCCC(=O)c1ccc(F)c(F)c1Br. The van der Waals surface area contributed by atoms with Gasteiger partial charge in [0.15, 0.2) is 17.4 Å². The van der Waals surface area contributed by atoms with E-state index in [1.54, 1.807) is 6.08 Å². The van der Waals surface area contributed by atoms with Crippen LogP contribution in [0.5, 0.6) is 0 Å².